The van der Waals surface area contributed by atoms with Crippen LogP contribution in [0.4, 0.5) is 11.6 Å². The molecule has 0 radical (unpaired) electrons. The summed E-state index contributed by atoms with van der Waals surface area (Å²) >= 11 is 1.74. The van der Waals surface area contributed by atoms with E-state index in [9.17, 15) is 0 Å². The summed E-state index contributed by atoms with van der Waals surface area (Å²) in [6.45, 7) is 8.80. The molecule has 0 aliphatic heterocycles. The lowest BCUT2D eigenvalue weighted by Gasteiger charge is -2.10. The van der Waals surface area contributed by atoms with Crippen LogP contribution in [-0.2, 0) is 0 Å². The first kappa shape index (κ1) is 17.5. The first-order chi connectivity index (χ1) is 12.0. The van der Waals surface area contributed by atoms with E-state index in [0.717, 1.165) is 28.6 Å². The number of anilines is 2. The smallest absolute Gasteiger partial charge is 0.132 e. The fraction of sp³-hybridized carbons (Fsp3) is 0.350. The molecule has 3 aromatic heterocycles. The lowest BCUT2D eigenvalue weighted by molar-refractivity contribution is 0.522. The van der Waals surface area contributed by atoms with Gasteiger partial charge >= 0.3 is 0 Å². The van der Waals surface area contributed by atoms with Gasteiger partial charge in [-0.2, -0.15) is 0 Å². The van der Waals surface area contributed by atoms with Crippen molar-refractivity contribution in [3.63, 3.8) is 0 Å². The van der Waals surface area contributed by atoms with E-state index in [1.165, 1.54) is 10.6 Å². The maximum absolute atomic E-state index is 4.72. The van der Waals surface area contributed by atoms with Crippen LogP contribution in [0.2, 0.25) is 0 Å². The molecule has 4 nitrogen and oxygen atoms in total. The molecule has 1 atom stereocenters. The average molecular weight is 353 g/mol. The van der Waals surface area contributed by atoms with Gasteiger partial charge in [0.1, 0.15) is 11.6 Å². The number of aryl methyl sites for hydroxylation is 1. The summed E-state index contributed by atoms with van der Waals surface area (Å²) in [5, 5.41) is 4.46. The van der Waals surface area contributed by atoms with E-state index in [2.05, 4.69) is 36.1 Å². The third kappa shape index (κ3) is 4.63. The third-order valence-electron chi connectivity index (χ3n) is 3.94. The Kier molecular flexibility index (Phi) is 5.43. The number of hydrogen-bond acceptors (Lipinski definition) is 5. The second kappa shape index (κ2) is 7.74. The number of thiazole rings is 1. The highest BCUT2D eigenvalue weighted by molar-refractivity contribution is 7.15. The quantitative estimate of drug-likeness (QED) is 0.609. The zero-order valence-electron chi connectivity index (χ0n) is 15.2. The normalized spacial score (nSPS) is 12.4. The Morgan fingerprint density at radius 2 is 1.92 bits per heavy atom. The predicted octanol–water partition coefficient (Wildman–Crippen LogP) is 5.80. The molecular weight excluding hydrogens is 328 g/mol. The summed E-state index contributed by atoms with van der Waals surface area (Å²) in [4.78, 5) is 14.8. The molecule has 0 aliphatic carbocycles. The minimum absolute atomic E-state index is 0.483. The summed E-state index contributed by atoms with van der Waals surface area (Å²) in [7, 11) is 0. The molecule has 0 amide bonds. The highest BCUT2D eigenvalue weighted by Crippen LogP contribution is 2.32. The van der Waals surface area contributed by atoms with Crippen LogP contribution in [0.5, 0.6) is 0 Å². The summed E-state index contributed by atoms with van der Waals surface area (Å²) in [5.74, 6) is 2.76. The fourth-order valence-corrected chi connectivity index (χ4v) is 3.77. The monoisotopic (exact) mass is 352 g/mol. The van der Waals surface area contributed by atoms with Crippen LogP contribution >= 0.6 is 11.3 Å². The molecule has 0 spiro atoms. The molecular formula is C20H24N4S. The zero-order chi connectivity index (χ0) is 17.8. The molecule has 1 unspecified atom stereocenters. The van der Waals surface area contributed by atoms with Gasteiger partial charge in [0.15, 0.2) is 0 Å². The van der Waals surface area contributed by atoms with Crippen molar-refractivity contribution >= 4 is 23.0 Å². The van der Waals surface area contributed by atoms with Crippen LogP contribution in [0.25, 0.3) is 10.6 Å². The van der Waals surface area contributed by atoms with Gasteiger partial charge in [-0.1, -0.05) is 26.8 Å². The van der Waals surface area contributed by atoms with E-state index >= 15 is 0 Å². The van der Waals surface area contributed by atoms with Gasteiger partial charge in [0.05, 0.1) is 15.6 Å². The number of aromatic nitrogens is 3. The number of hydrogen-bond donors (Lipinski definition) is 1. The van der Waals surface area contributed by atoms with Gasteiger partial charge < -0.3 is 5.32 Å². The fourth-order valence-electron chi connectivity index (χ4n) is 2.82. The Labute approximate surface area is 153 Å². The van der Waals surface area contributed by atoms with Gasteiger partial charge in [0, 0.05) is 18.3 Å². The van der Waals surface area contributed by atoms with E-state index in [1.54, 1.807) is 17.5 Å². The number of rotatable bonds is 6. The van der Waals surface area contributed by atoms with Gasteiger partial charge in [-0.25, -0.2) is 15.0 Å². The topological polar surface area (TPSA) is 50.7 Å². The van der Waals surface area contributed by atoms with Crippen LogP contribution in [-0.4, -0.2) is 15.0 Å². The second-order valence-corrected chi connectivity index (χ2v) is 7.91. The van der Waals surface area contributed by atoms with Crippen molar-refractivity contribution in [1.82, 2.24) is 15.0 Å². The zero-order valence-corrected chi connectivity index (χ0v) is 16.0. The van der Waals surface area contributed by atoms with Gasteiger partial charge in [-0.05, 0) is 49.1 Å². The minimum Gasteiger partial charge on any atom is -0.325 e. The summed E-state index contributed by atoms with van der Waals surface area (Å²) < 4.78 is 0. The molecule has 5 heteroatoms. The van der Waals surface area contributed by atoms with Gasteiger partial charge in [0.25, 0.3) is 0 Å². The summed E-state index contributed by atoms with van der Waals surface area (Å²) in [5.41, 5.74) is 2.11. The van der Waals surface area contributed by atoms with Crippen LogP contribution in [0.15, 0.2) is 42.7 Å². The first-order valence-corrected chi connectivity index (χ1v) is 9.45. The summed E-state index contributed by atoms with van der Waals surface area (Å²) in [6.07, 6.45) is 4.89. The Morgan fingerprint density at radius 1 is 1.08 bits per heavy atom. The van der Waals surface area contributed by atoms with Crippen LogP contribution in [0.3, 0.4) is 0 Å². The summed E-state index contributed by atoms with van der Waals surface area (Å²) in [6, 6.07) is 9.98. The van der Waals surface area contributed by atoms with Crippen molar-refractivity contribution in [1.29, 1.82) is 0 Å². The van der Waals surface area contributed by atoms with Crippen molar-refractivity contribution in [3.05, 3.63) is 53.3 Å². The van der Waals surface area contributed by atoms with E-state index < -0.39 is 0 Å². The van der Waals surface area contributed by atoms with Crippen molar-refractivity contribution in [2.75, 3.05) is 5.32 Å². The molecule has 0 saturated heterocycles. The largest absolute Gasteiger partial charge is 0.325 e. The van der Waals surface area contributed by atoms with Gasteiger partial charge in [-0.15, -0.1) is 11.3 Å². The minimum atomic E-state index is 0.483. The highest BCUT2D eigenvalue weighted by Gasteiger charge is 2.14. The van der Waals surface area contributed by atoms with Crippen molar-refractivity contribution in [3.8, 4) is 10.6 Å². The van der Waals surface area contributed by atoms with Crippen molar-refractivity contribution < 1.29 is 0 Å². The Bertz CT molecular complexity index is 841. The second-order valence-electron chi connectivity index (χ2n) is 6.84. The molecule has 3 heterocycles. The molecule has 0 saturated carbocycles. The lowest BCUT2D eigenvalue weighted by Crippen LogP contribution is -1.97. The maximum atomic E-state index is 4.72. The molecule has 1 N–H and O–H groups in total. The van der Waals surface area contributed by atoms with E-state index in [-0.39, 0.29) is 0 Å². The van der Waals surface area contributed by atoms with E-state index in [4.69, 9.17) is 4.98 Å². The lowest BCUT2D eigenvalue weighted by atomic mass is 10.00. The van der Waals surface area contributed by atoms with Crippen molar-refractivity contribution in [2.45, 2.75) is 40.0 Å². The van der Waals surface area contributed by atoms with Crippen molar-refractivity contribution in [2.24, 2.45) is 5.92 Å². The molecule has 25 heavy (non-hydrogen) atoms. The SMILES string of the molecule is Cc1ccnc(Nc2cccc(-c3cnc(C(C)CC(C)C)s3)n2)c1. The van der Waals surface area contributed by atoms with Crippen LogP contribution in [0.1, 0.15) is 43.7 Å². The predicted molar refractivity (Wildman–Crippen MR) is 105 cm³/mol. The van der Waals surface area contributed by atoms with E-state index in [1.807, 2.05) is 43.5 Å². The first-order valence-electron chi connectivity index (χ1n) is 8.64. The maximum Gasteiger partial charge on any atom is 0.132 e. The highest BCUT2D eigenvalue weighted by atomic mass is 32.1. The number of nitrogens with one attached hydrogen (secondary N) is 1. The molecule has 0 bridgehead atoms. The Balaban J connectivity index is 1.78. The number of pyridine rings is 2. The number of nitrogens with zero attached hydrogens (tertiary/aromatic N) is 3. The van der Waals surface area contributed by atoms with Crippen LogP contribution in [0, 0.1) is 12.8 Å². The molecule has 130 valence electrons. The standard InChI is InChI=1S/C20H24N4S/c1-13(2)10-15(4)20-22-12-17(25-20)16-6-5-7-18(23-16)24-19-11-14(3)8-9-21-19/h5-9,11-13,15H,10H2,1-4H3,(H,21,23,24). The Morgan fingerprint density at radius 3 is 2.68 bits per heavy atom. The molecule has 0 fully saturated rings. The third-order valence-corrected chi connectivity index (χ3v) is 5.19. The van der Waals surface area contributed by atoms with E-state index in [0.29, 0.717) is 11.8 Å². The molecule has 0 aromatic carbocycles. The molecule has 3 aromatic rings. The Hall–Kier alpha value is -2.27. The van der Waals surface area contributed by atoms with Crippen LogP contribution < -0.4 is 5.32 Å². The van der Waals surface area contributed by atoms with Gasteiger partial charge in [0.2, 0.25) is 0 Å². The average Bonchev–Trinajstić information content (AvgIpc) is 3.05. The molecule has 3 rings (SSSR count). The van der Waals surface area contributed by atoms with Gasteiger partial charge in [-0.3, -0.25) is 0 Å². The molecule has 0 aliphatic rings.